The number of sulfonamides is 1. The average molecular weight is 411 g/mol. The molecule has 0 bridgehead atoms. The van der Waals surface area contributed by atoms with Gasteiger partial charge in [-0.3, -0.25) is 9.10 Å². The van der Waals surface area contributed by atoms with E-state index < -0.39 is 22.0 Å². The summed E-state index contributed by atoms with van der Waals surface area (Å²) in [5.74, 6) is -0.0418. The molecule has 1 heterocycles. The van der Waals surface area contributed by atoms with E-state index in [0.717, 1.165) is 10.7 Å². The highest BCUT2D eigenvalue weighted by Crippen LogP contribution is 2.34. The number of rotatable bonds is 3. The molecule has 1 aliphatic rings. The van der Waals surface area contributed by atoms with Gasteiger partial charge in [-0.25, -0.2) is 8.42 Å². The first-order chi connectivity index (χ1) is 11.3. The van der Waals surface area contributed by atoms with E-state index in [-0.39, 0.29) is 6.54 Å². The summed E-state index contributed by atoms with van der Waals surface area (Å²) in [6, 6.07) is 13.9. The first-order valence-corrected chi connectivity index (χ1v) is 9.78. The van der Waals surface area contributed by atoms with Crippen molar-refractivity contribution >= 4 is 43.2 Å². The molecule has 0 saturated heterocycles. The summed E-state index contributed by atoms with van der Waals surface area (Å²) in [6.45, 7) is -0.0737. The Labute approximate surface area is 148 Å². The fraction of sp³-hybridized carbons (Fsp3) is 0.188. The van der Waals surface area contributed by atoms with Crippen LogP contribution in [0.4, 0.5) is 11.4 Å². The Bertz CT molecular complexity index is 885. The van der Waals surface area contributed by atoms with Gasteiger partial charge in [0.2, 0.25) is 10.0 Å². The van der Waals surface area contributed by atoms with Gasteiger partial charge in [-0.15, -0.1) is 0 Å². The molecule has 3 rings (SSSR count). The maximum absolute atomic E-state index is 12.5. The van der Waals surface area contributed by atoms with Crippen LogP contribution in [0.2, 0.25) is 0 Å². The number of nitrogens with zero attached hydrogens (tertiary/aromatic N) is 1. The number of anilines is 2. The van der Waals surface area contributed by atoms with Crippen LogP contribution in [-0.2, 0) is 14.8 Å². The molecule has 2 aromatic carbocycles. The van der Waals surface area contributed by atoms with Crippen molar-refractivity contribution in [2.24, 2.45) is 0 Å². The fourth-order valence-corrected chi connectivity index (χ4v) is 3.76. The van der Waals surface area contributed by atoms with Crippen molar-refractivity contribution in [1.82, 2.24) is 0 Å². The molecule has 0 aliphatic carbocycles. The number of ether oxygens (including phenoxy) is 1. The van der Waals surface area contributed by atoms with Crippen molar-refractivity contribution in [3.8, 4) is 5.75 Å². The minimum absolute atomic E-state index is 0.0737. The van der Waals surface area contributed by atoms with Crippen LogP contribution < -0.4 is 14.4 Å². The van der Waals surface area contributed by atoms with Gasteiger partial charge in [0.05, 0.1) is 18.5 Å². The molecule has 126 valence electrons. The molecule has 6 nitrogen and oxygen atoms in total. The van der Waals surface area contributed by atoms with Gasteiger partial charge in [0, 0.05) is 10.2 Å². The SMILES string of the molecule is CS(=O)(=O)N1C[C@@H](C(=O)Nc2cccc(Br)c2)Oc2ccccc21. The molecule has 0 saturated carbocycles. The molecule has 0 fully saturated rings. The second kappa shape index (κ2) is 6.45. The van der Waals surface area contributed by atoms with E-state index in [1.54, 1.807) is 42.5 Å². The number of para-hydroxylation sites is 2. The Kier molecular flexibility index (Phi) is 4.51. The minimum atomic E-state index is -3.52. The minimum Gasteiger partial charge on any atom is -0.476 e. The lowest BCUT2D eigenvalue weighted by molar-refractivity contribution is -0.122. The predicted octanol–water partition coefficient (Wildman–Crippen LogP) is 2.61. The number of halogens is 1. The summed E-state index contributed by atoms with van der Waals surface area (Å²) in [5.41, 5.74) is 1.04. The summed E-state index contributed by atoms with van der Waals surface area (Å²) >= 11 is 3.34. The van der Waals surface area contributed by atoms with Gasteiger partial charge in [-0.05, 0) is 30.3 Å². The predicted molar refractivity (Wildman–Crippen MR) is 95.8 cm³/mol. The number of fused-ring (bicyclic) bond motifs is 1. The maximum atomic E-state index is 12.5. The van der Waals surface area contributed by atoms with Crippen molar-refractivity contribution < 1.29 is 17.9 Å². The quantitative estimate of drug-likeness (QED) is 0.843. The number of hydrogen-bond donors (Lipinski definition) is 1. The van der Waals surface area contributed by atoms with Crippen molar-refractivity contribution in [2.45, 2.75) is 6.10 Å². The van der Waals surface area contributed by atoms with Crippen molar-refractivity contribution in [3.05, 3.63) is 53.0 Å². The standard InChI is InChI=1S/C16H15BrN2O4S/c1-24(21,22)19-10-15(23-14-8-3-2-7-13(14)19)16(20)18-12-6-4-5-11(17)9-12/h2-9,15H,10H2,1H3,(H,18,20)/t15-/m0/s1. The van der Waals surface area contributed by atoms with E-state index >= 15 is 0 Å². The van der Waals surface area contributed by atoms with Crippen LogP contribution in [0.25, 0.3) is 0 Å². The third-order valence-electron chi connectivity index (χ3n) is 3.52. The Morgan fingerprint density at radius 3 is 2.71 bits per heavy atom. The summed E-state index contributed by atoms with van der Waals surface area (Å²) in [7, 11) is -3.52. The van der Waals surface area contributed by atoms with Crippen molar-refractivity contribution in [3.63, 3.8) is 0 Å². The summed E-state index contributed by atoms with van der Waals surface area (Å²) < 4.78 is 31.8. The van der Waals surface area contributed by atoms with Crippen LogP contribution >= 0.6 is 15.9 Å². The Balaban J connectivity index is 1.86. The second-order valence-corrected chi connectivity index (χ2v) is 8.19. The highest BCUT2D eigenvalue weighted by molar-refractivity contribution is 9.10. The average Bonchev–Trinajstić information content (AvgIpc) is 2.53. The van der Waals surface area contributed by atoms with E-state index in [4.69, 9.17) is 4.74 Å². The lowest BCUT2D eigenvalue weighted by atomic mass is 10.2. The van der Waals surface area contributed by atoms with E-state index in [1.807, 2.05) is 6.07 Å². The topological polar surface area (TPSA) is 75.7 Å². The van der Waals surface area contributed by atoms with E-state index in [0.29, 0.717) is 17.1 Å². The van der Waals surface area contributed by atoms with Gasteiger partial charge in [0.25, 0.3) is 5.91 Å². The number of nitrogens with one attached hydrogen (secondary N) is 1. The van der Waals surface area contributed by atoms with E-state index in [1.165, 1.54) is 4.31 Å². The zero-order chi connectivity index (χ0) is 17.3. The number of carbonyl (C=O) groups is 1. The Morgan fingerprint density at radius 2 is 2.00 bits per heavy atom. The van der Waals surface area contributed by atoms with Gasteiger partial charge >= 0.3 is 0 Å². The number of carbonyl (C=O) groups excluding carboxylic acids is 1. The fourth-order valence-electron chi connectivity index (χ4n) is 2.44. The molecular formula is C16H15BrN2O4S. The van der Waals surface area contributed by atoms with Crippen LogP contribution in [0, 0.1) is 0 Å². The van der Waals surface area contributed by atoms with Crippen LogP contribution in [-0.4, -0.2) is 33.2 Å². The number of amides is 1. The first-order valence-electron chi connectivity index (χ1n) is 7.14. The van der Waals surface area contributed by atoms with Crippen LogP contribution in [0.1, 0.15) is 0 Å². The molecular weight excluding hydrogens is 396 g/mol. The Hall–Kier alpha value is -2.06. The molecule has 1 aliphatic heterocycles. The van der Waals surface area contributed by atoms with Gasteiger partial charge in [0.1, 0.15) is 5.75 Å². The molecule has 1 amide bonds. The maximum Gasteiger partial charge on any atom is 0.267 e. The second-order valence-electron chi connectivity index (χ2n) is 5.37. The third-order valence-corrected chi connectivity index (χ3v) is 5.16. The summed E-state index contributed by atoms with van der Waals surface area (Å²) in [5, 5.41) is 2.74. The Morgan fingerprint density at radius 1 is 1.25 bits per heavy atom. The highest BCUT2D eigenvalue weighted by Gasteiger charge is 2.34. The first kappa shape index (κ1) is 16.8. The van der Waals surface area contributed by atoms with Crippen LogP contribution in [0.3, 0.4) is 0 Å². The lowest BCUT2D eigenvalue weighted by Gasteiger charge is -2.33. The molecule has 1 atom stereocenters. The van der Waals surface area contributed by atoms with Crippen LogP contribution in [0.5, 0.6) is 5.75 Å². The molecule has 1 N–H and O–H groups in total. The molecule has 2 aromatic rings. The van der Waals surface area contributed by atoms with Gasteiger partial charge < -0.3 is 10.1 Å². The van der Waals surface area contributed by atoms with E-state index in [2.05, 4.69) is 21.2 Å². The lowest BCUT2D eigenvalue weighted by Crippen LogP contribution is -2.48. The molecule has 0 unspecified atom stereocenters. The molecule has 0 spiro atoms. The highest BCUT2D eigenvalue weighted by atomic mass is 79.9. The molecule has 0 aromatic heterocycles. The largest absolute Gasteiger partial charge is 0.476 e. The van der Waals surface area contributed by atoms with Gasteiger partial charge in [-0.1, -0.05) is 34.1 Å². The molecule has 24 heavy (non-hydrogen) atoms. The smallest absolute Gasteiger partial charge is 0.267 e. The van der Waals surface area contributed by atoms with Gasteiger partial charge in [-0.2, -0.15) is 0 Å². The molecule has 0 radical (unpaired) electrons. The van der Waals surface area contributed by atoms with Crippen molar-refractivity contribution in [2.75, 3.05) is 22.4 Å². The third kappa shape index (κ3) is 3.54. The number of hydrogen-bond acceptors (Lipinski definition) is 4. The van der Waals surface area contributed by atoms with Crippen molar-refractivity contribution in [1.29, 1.82) is 0 Å². The normalized spacial score (nSPS) is 16.9. The van der Waals surface area contributed by atoms with E-state index in [9.17, 15) is 13.2 Å². The molecule has 8 heteroatoms. The zero-order valence-electron chi connectivity index (χ0n) is 12.8. The summed E-state index contributed by atoms with van der Waals surface area (Å²) in [6.07, 6.45) is 0.173. The monoisotopic (exact) mass is 410 g/mol. The van der Waals surface area contributed by atoms with Crippen LogP contribution in [0.15, 0.2) is 53.0 Å². The zero-order valence-corrected chi connectivity index (χ0v) is 15.2. The van der Waals surface area contributed by atoms with Gasteiger partial charge in [0.15, 0.2) is 6.10 Å². The summed E-state index contributed by atoms with van der Waals surface area (Å²) in [4.78, 5) is 12.5. The number of benzene rings is 2.